The van der Waals surface area contributed by atoms with Crippen molar-refractivity contribution >= 4 is 11.9 Å². The summed E-state index contributed by atoms with van der Waals surface area (Å²) in [6, 6.07) is 6.57. The van der Waals surface area contributed by atoms with Gasteiger partial charge in [0.25, 0.3) is 5.91 Å². The van der Waals surface area contributed by atoms with E-state index in [0.717, 1.165) is 6.42 Å². The predicted molar refractivity (Wildman–Crippen MR) is 70.9 cm³/mol. The van der Waals surface area contributed by atoms with E-state index in [9.17, 15) is 9.59 Å². The van der Waals surface area contributed by atoms with Crippen LogP contribution >= 0.6 is 0 Å². The van der Waals surface area contributed by atoms with Gasteiger partial charge in [-0.15, -0.1) is 0 Å². The first-order valence-corrected chi connectivity index (χ1v) is 6.48. The van der Waals surface area contributed by atoms with Crippen LogP contribution in [0.2, 0.25) is 0 Å². The molecule has 6 nitrogen and oxygen atoms in total. The Labute approximate surface area is 116 Å². The number of benzene rings is 1. The Morgan fingerprint density at radius 3 is 2.95 bits per heavy atom. The molecule has 2 rings (SSSR count). The molecule has 108 valence electrons. The lowest BCUT2D eigenvalue weighted by molar-refractivity contribution is -0.139. The highest BCUT2D eigenvalue weighted by Gasteiger charge is 2.17. The highest BCUT2D eigenvalue weighted by molar-refractivity contribution is 5.94. The van der Waals surface area contributed by atoms with Gasteiger partial charge in [-0.2, -0.15) is 0 Å². The lowest BCUT2D eigenvalue weighted by Crippen LogP contribution is -2.33. The van der Waals surface area contributed by atoms with Gasteiger partial charge in [-0.25, -0.2) is 4.79 Å². The summed E-state index contributed by atoms with van der Waals surface area (Å²) in [5.41, 5.74) is 0.495. The van der Waals surface area contributed by atoms with Crippen molar-refractivity contribution in [2.75, 3.05) is 32.9 Å². The van der Waals surface area contributed by atoms with Crippen molar-refractivity contribution in [2.45, 2.75) is 6.42 Å². The fraction of sp³-hybridized carbons (Fsp3) is 0.429. The van der Waals surface area contributed by atoms with E-state index in [1.54, 1.807) is 29.2 Å². The predicted octanol–water partition coefficient (Wildman–Crippen LogP) is 1.01. The number of ether oxygens (including phenoxy) is 2. The topological polar surface area (TPSA) is 76.1 Å². The number of hydrogen-bond donors (Lipinski definition) is 1. The number of carbonyl (C=O) groups excluding carboxylic acids is 1. The van der Waals surface area contributed by atoms with Gasteiger partial charge in [0.15, 0.2) is 6.61 Å². The second-order valence-corrected chi connectivity index (χ2v) is 4.47. The second-order valence-electron chi connectivity index (χ2n) is 4.47. The minimum Gasteiger partial charge on any atom is -0.482 e. The fourth-order valence-corrected chi connectivity index (χ4v) is 2.00. The van der Waals surface area contributed by atoms with Gasteiger partial charge in [0, 0.05) is 25.3 Å². The van der Waals surface area contributed by atoms with E-state index >= 15 is 0 Å². The maximum Gasteiger partial charge on any atom is 0.341 e. The molecule has 1 aromatic carbocycles. The van der Waals surface area contributed by atoms with E-state index < -0.39 is 12.6 Å². The third-order valence-corrected chi connectivity index (χ3v) is 2.95. The molecule has 0 aromatic heterocycles. The number of hydrogen-bond acceptors (Lipinski definition) is 4. The molecule has 0 radical (unpaired) electrons. The average molecular weight is 279 g/mol. The number of aliphatic carboxylic acids is 1. The molecule has 0 unspecified atom stereocenters. The van der Waals surface area contributed by atoms with Gasteiger partial charge in [0.2, 0.25) is 0 Å². The Balaban J connectivity index is 2.05. The van der Waals surface area contributed by atoms with Gasteiger partial charge in [-0.3, -0.25) is 4.79 Å². The molecule has 1 saturated heterocycles. The highest BCUT2D eigenvalue weighted by atomic mass is 16.5. The van der Waals surface area contributed by atoms with Gasteiger partial charge in [0.1, 0.15) is 5.75 Å². The fourth-order valence-electron chi connectivity index (χ4n) is 2.00. The van der Waals surface area contributed by atoms with Crippen molar-refractivity contribution in [2.24, 2.45) is 0 Å². The Morgan fingerprint density at radius 2 is 2.15 bits per heavy atom. The van der Waals surface area contributed by atoms with E-state index in [1.807, 2.05) is 0 Å². The van der Waals surface area contributed by atoms with Crippen molar-refractivity contribution < 1.29 is 24.2 Å². The molecule has 20 heavy (non-hydrogen) atoms. The minimum absolute atomic E-state index is 0.0868. The molecule has 1 heterocycles. The molecular weight excluding hydrogens is 262 g/mol. The molecule has 1 aliphatic rings. The summed E-state index contributed by atoms with van der Waals surface area (Å²) in [5.74, 6) is -0.757. The minimum atomic E-state index is -1.05. The van der Waals surface area contributed by atoms with Crippen LogP contribution in [0.25, 0.3) is 0 Å². The highest BCUT2D eigenvalue weighted by Crippen LogP contribution is 2.15. The lowest BCUT2D eigenvalue weighted by atomic mass is 10.2. The number of rotatable bonds is 4. The zero-order valence-corrected chi connectivity index (χ0v) is 11.1. The first kappa shape index (κ1) is 14.3. The van der Waals surface area contributed by atoms with Gasteiger partial charge < -0.3 is 19.5 Å². The van der Waals surface area contributed by atoms with Crippen molar-refractivity contribution in [3.63, 3.8) is 0 Å². The largest absolute Gasteiger partial charge is 0.482 e. The van der Waals surface area contributed by atoms with Crippen molar-refractivity contribution in [3.05, 3.63) is 29.8 Å². The van der Waals surface area contributed by atoms with Crippen LogP contribution in [0.5, 0.6) is 5.75 Å². The van der Waals surface area contributed by atoms with Crippen LogP contribution in [-0.4, -0.2) is 54.8 Å². The number of carboxylic acids is 1. The van der Waals surface area contributed by atoms with E-state index in [4.69, 9.17) is 14.6 Å². The summed E-state index contributed by atoms with van der Waals surface area (Å²) in [5, 5.41) is 8.57. The number of nitrogens with zero attached hydrogens (tertiary/aromatic N) is 1. The Kier molecular flexibility index (Phi) is 4.95. The molecule has 0 bridgehead atoms. The molecule has 0 atom stereocenters. The van der Waals surface area contributed by atoms with E-state index in [-0.39, 0.29) is 5.91 Å². The van der Waals surface area contributed by atoms with Crippen molar-refractivity contribution in [1.82, 2.24) is 4.90 Å². The molecule has 1 N–H and O–H groups in total. The van der Waals surface area contributed by atoms with Crippen LogP contribution in [0, 0.1) is 0 Å². The molecular formula is C14H17NO5. The zero-order valence-electron chi connectivity index (χ0n) is 11.1. The van der Waals surface area contributed by atoms with Crippen LogP contribution in [0.4, 0.5) is 0 Å². The molecule has 1 fully saturated rings. The average Bonchev–Trinajstić information content (AvgIpc) is 2.73. The van der Waals surface area contributed by atoms with E-state index in [1.165, 1.54) is 0 Å². The van der Waals surface area contributed by atoms with E-state index in [0.29, 0.717) is 37.6 Å². The van der Waals surface area contributed by atoms with Crippen molar-refractivity contribution in [3.8, 4) is 5.75 Å². The normalized spacial score (nSPS) is 15.5. The van der Waals surface area contributed by atoms with Crippen LogP contribution in [0.3, 0.4) is 0 Å². The molecule has 6 heteroatoms. The monoisotopic (exact) mass is 279 g/mol. The lowest BCUT2D eigenvalue weighted by Gasteiger charge is -2.19. The summed E-state index contributed by atoms with van der Waals surface area (Å²) in [7, 11) is 0. The smallest absolute Gasteiger partial charge is 0.341 e. The number of carbonyl (C=O) groups is 2. The van der Waals surface area contributed by atoms with Gasteiger partial charge in [0.05, 0.1) is 6.61 Å². The van der Waals surface area contributed by atoms with Gasteiger partial charge in [-0.05, 0) is 24.6 Å². The summed E-state index contributed by atoms with van der Waals surface area (Å²) < 4.78 is 10.4. The van der Waals surface area contributed by atoms with Crippen LogP contribution < -0.4 is 4.74 Å². The molecule has 1 aromatic rings. The second kappa shape index (κ2) is 6.91. The standard InChI is InChI=1S/C14H17NO5/c16-13(17)10-20-12-4-1-3-11(9-12)14(18)15-5-2-7-19-8-6-15/h1,3-4,9H,2,5-8,10H2,(H,16,17). The summed E-state index contributed by atoms with van der Waals surface area (Å²) in [6.07, 6.45) is 0.820. The van der Waals surface area contributed by atoms with Crippen LogP contribution in [0.1, 0.15) is 16.8 Å². The molecule has 1 amide bonds. The molecule has 0 spiro atoms. The molecule has 0 saturated carbocycles. The van der Waals surface area contributed by atoms with Gasteiger partial charge >= 0.3 is 5.97 Å². The van der Waals surface area contributed by atoms with E-state index in [2.05, 4.69) is 0 Å². The van der Waals surface area contributed by atoms with Crippen LogP contribution in [0.15, 0.2) is 24.3 Å². The summed E-state index contributed by atoms with van der Waals surface area (Å²) >= 11 is 0. The molecule has 1 aliphatic heterocycles. The molecule has 0 aliphatic carbocycles. The van der Waals surface area contributed by atoms with Crippen LogP contribution in [-0.2, 0) is 9.53 Å². The third kappa shape index (κ3) is 3.96. The summed E-state index contributed by atoms with van der Waals surface area (Å²) in [4.78, 5) is 24.5. The first-order valence-electron chi connectivity index (χ1n) is 6.48. The first-order chi connectivity index (χ1) is 9.66. The zero-order chi connectivity index (χ0) is 14.4. The SMILES string of the molecule is O=C(O)COc1cccc(C(=O)N2CCCOCC2)c1. The Morgan fingerprint density at radius 1 is 1.30 bits per heavy atom. The Bertz CT molecular complexity index is 480. The summed E-state index contributed by atoms with van der Waals surface area (Å²) in [6.45, 7) is 2.03. The maximum absolute atomic E-state index is 12.3. The Hall–Kier alpha value is -2.08. The number of carboxylic acid groups (broad SMARTS) is 1. The quantitative estimate of drug-likeness (QED) is 0.890. The van der Waals surface area contributed by atoms with Gasteiger partial charge in [-0.1, -0.05) is 6.07 Å². The number of amides is 1. The maximum atomic E-state index is 12.3. The third-order valence-electron chi connectivity index (χ3n) is 2.95. The van der Waals surface area contributed by atoms with Crippen molar-refractivity contribution in [1.29, 1.82) is 0 Å².